The van der Waals surface area contributed by atoms with Crippen LogP contribution in [-0.2, 0) is 6.18 Å². The molecule has 0 aromatic carbocycles. The number of nitrogens with zero attached hydrogens (tertiary/aromatic N) is 2. The summed E-state index contributed by atoms with van der Waals surface area (Å²) in [6.07, 6.45) is -3.85. The number of aliphatic hydroxyl groups excluding tert-OH is 1. The average molecular weight is 192 g/mol. The molecule has 0 aliphatic heterocycles. The van der Waals surface area contributed by atoms with Gasteiger partial charge in [-0.2, -0.15) is 13.2 Å². The molecule has 0 saturated heterocycles. The van der Waals surface area contributed by atoms with Gasteiger partial charge in [0.1, 0.15) is 0 Å². The number of aromatic nitrogens is 2. The minimum atomic E-state index is -4.52. The van der Waals surface area contributed by atoms with E-state index in [2.05, 4.69) is 9.97 Å². The summed E-state index contributed by atoms with van der Waals surface area (Å²) >= 11 is 0. The van der Waals surface area contributed by atoms with Gasteiger partial charge in [-0.3, -0.25) is 4.98 Å². The van der Waals surface area contributed by atoms with Gasteiger partial charge < -0.3 is 5.11 Å². The first kappa shape index (κ1) is 9.91. The van der Waals surface area contributed by atoms with Gasteiger partial charge in [-0.25, -0.2) is 4.98 Å². The van der Waals surface area contributed by atoms with Crippen LogP contribution in [0.1, 0.15) is 24.4 Å². The van der Waals surface area contributed by atoms with Gasteiger partial charge in [-0.05, 0) is 6.92 Å². The van der Waals surface area contributed by atoms with Crippen molar-refractivity contribution < 1.29 is 18.3 Å². The van der Waals surface area contributed by atoms with Crippen LogP contribution >= 0.6 is 0 Å². The Kier molecular flexibility index (Phi) is 2.51. The van der Waals surface area contributed by atoms with E-state index in [1.807, 2.05) is 0 Å². The van der Waals surface area contributed by atoms with Crippen molar-refractivity contribution in [3.8, 4) is 0 Å². The molecular formula is C7H7F3N2O. The first-order valence-corrected chi connectivity index (χ1v) is 3.48. The van der Waals surface area contributed by atoms with Crippen LogP contribution in [0.5, 0.6) is 0 Å². The predicted molar refractivity (Wildman–Crippen MR) is 37.7 cm³/mol. The molecule has 1 aromatic heterocycles. The van der Waals surface area contributed by atoms with Crippen LogP contribution in [0.3, 0.4) is 0 Å². The van der Waals surface area contributed by atoms with Crippen molar-refractivity contribution in [2.45, 2.75) is 19.2 Å². The van der Waals surface area contributed by atoms with Crippen LogP contribution in [0.2, 0.25) is 0 Å². The maximum absolute atomic E-state index is 12.0. The Bertz CT molecular complexity index is 298. The molecule has 0 spiro atoms. The Balaban J connectivity index is 3.06. The normalized spacial score (nSPS) is 14.2. The lowest BCUT2D eigenvalue weighted by molar-refractivity contribution is -0.141. The molecule has 1 unspecified atom stereocenters. The third-order valence-corrected chi connectivity index (χ3v) is 1.37. The van der Waals surface area contributed by atoms with E-state index in [1.54, 1.807) is 0 Å². The van der Waals surface area contributed by atoms with Crippen molar-refractivity contribution >= 4 is 0 Å². The minimum absolute atomic E-state index is 0.0881. The molecule has 1 heterocycles. The van der Waals surface area contributed by atoms with Gasteiger partial charge in [0.25, 0.3) is 0 Å². The molecular weight excluding hydrogens is 185 g/mol. The second kappa shape index (κ2) is 3.29. The van der Waals surface area contributed by atoms with Crippen LogP contribution in [0.25, 0.3) is 0 Å². The molecule has 0 saturated carbocycles. The molecule has 0 bridgehead atoms. The molecule has 13 heavy (non-hydrogen) atoms. The fraction of sp³-hybridized carbons (Fsp3) is 0.429. The van der Waals surface area contributed by atoms with E-state index in [-0.39, 0.29) is 5.69 Å². The Morgan fingerprint density at radius 3 is 2.46 bits per heavy atom. The molecule has 72 valence electrons. The topological polar surface area (TPSA) is 46.0 Å². The van der Waals surface area contributed by atoms with Gasteiger partial charge in [0.15, 0.2) is 5.69 Å². The predicted octanol–water partition coefficient (Wildman–Crippen LogP) is 1.55. The van der Waals surface area contributed by atoms with E-state index in [4.69, 9.17) is 5.11 Å². The molecule has 0 radical (unpaired) electrons. The number of aliphatic hydroxyl groups is 1. The largest absolute Gasteiger partial charge is 0.434 e. The Hall–Kier alpha value is -1.17. The van der Waals surface area contributed by atoms with Crippen LogP contribution in [0.4, 0.5) is 13.2 Å². The van der Waals surface area contributed by atoms with Crippen molar-refractivity contribution in [3.05, 3.63) is 23.8 Å². The molecule has 0 amide bonds. The van der Waals surface area contributed by atoms with Gasteiger partial charge in [0.05, 0.1) is 24.2 Å². The fourth-order valence-electron chi connectivity index (χ4n) is 0.719. The second-order valence-electron chi connectivity index (χ2n) is 2.50. The minimum Gasteiger partial charge on any atom is -0.387 e. The van der Waals surface area contributed by atoms with Crippen molar-refractivity contribution in [3.63, 3.8) is 0 Å². The highest BCUT2D eigenvalue weighted by atomic mass is 19.4. The van der Waals surface area contributed by atoms with Crippen molar-refractivity contribution in [2.24, 2.45) is 0 Å². The zero-order valence-electron chi connectivity index (χ0n) is 6.71. The zero-order valence-corrected chi connectivity index (χ0v) is 6.71. The molecule has 6 heteroatoms. The SMILES string of the molecule is CC(O)c1cncc(C(F)(F)F)n1. The van der Waals surface area contributed by atoms with E-state index >= 15 is 0 Å². The van der Waals surface area contributed by atoms with E-state index in [0.717, 1.165) is 6.20 Å². The van der Waals surface area contributed by atoms with Gasteiger partial charge in [0.2, 0.25) is 0 Å². The lowest BCUT2D eigenvalue weighted by atomic mass is 10.3. The van der Waals surface area contributed by atoms with Gasteiger partial charge in [0, 0.05) is 0 Å². The summed E-state index contributed by atoms with van der Waals surface area (Å²) in [5.74, 6) is 0. The summed E-state index contributed by atoms with van der Waals surface area (Å²) in [5, 5.41) is 8.94. The van der Waals surface area contributed by atoms with Crippen LogP contribution in [0.15, 0.2) is 12.4 Å². The quantitative estimate of drug-likeness (QED) is 0.734. The summed E-state index contributed by atoms with van der Waals surface area (Å²) in [7, 11) is 0. The maximum atomic E-state index is 12.0. The van der Waals surface area contributed by atoms with E-state index in [0.29, 0.717) is 6.20 Å². The molecule has 3 nitrogen and oxygen atoms in total. The lowest BCUT2D eigenvalue weighted by Crippen LogP contribution is -2.11. The smallest absolute Gasteiger partial charge is 0.387 e. The van der Waals surface area contributed by atoms with E-state index in [9.17, 15) is 13.2 Å². The number of hydrogen-bond acceptors (Lipinski definition) is 3. The van der Waals surface area contributed by atoms with Gasteiger partial charge in [-0.1, -0.05) is 0 Å². The molecule has 0 fully saturated rings. The first-order chi connectivity index (χ1) is 5.91. The monoisotopic (exact) mass is 192 g/mol. The number of alkyl halides is 3. The number of halogens is 3. The Labute approximate surface area is 72.3 Å². The molecule has 1 rings (SSSR count). The first-order valence-electron chi connectivity index (χ1n) is 3.48. The summed E-state index contributed by atoms with van der Waals surface area (Å²) in [4.78, 5) is 6.54. The highest BCUT2D eigenvalue weighted by molar-refractivity contribution is 5.07. The van der Waals surface area contributed by atoms with Crippen molar-refractivity contribution in [2.75, 3.05) is 0 Å². The van der Waals surface area contributed by atoms with E-state index in [1.165, 1.54) is 6.92 Å². The fourth-order valence-corrected chi connectivity index (χ4v) is 0.719. The maximum Gasteiger partial charge on any atom is 0.434 e. The third-order valence-electron chi connectivity index (χ3n) is 1.37. The molecule has 1 N–H and O–H groups in total. The molecule has 1 aromatic rings. The summed E-state index contributed by atoms with van der Waals surface area (Å²) in [6.45, 7) is 1.32. The van der Waals surface area contributed by atoms with Crippen molar-refractivity contribution in [1.82, 2.24) is 9.97 Å². The molecule has 0 aliphatic carbocycles. The van der Waals surface area contributed by atoms with E-state index < -0.39 is 18.0 Å². The highest BCUT2D eigenvalue weighted by Gasteiger charge is 2.33. The van der Waals surface area contributed by atoms with Crippen molar-refractivity contribution in [1.29, 1.82) is 0 Å². The standard InChI is InChI=1S/C7H7F3N2O/c1-4(13)5-2-11-3-6(12-5)7(8,9)10/h2-4,13H,1H3. The Morgan fingerprint density at radius 1 is 1.38 bits per heavy atom. The summed E-state index contributed by atoms with van der Waals surface area (Å²) < 4.78 is 36.1. The molecule has 1 atom stereocenters. The lowest BCUT2D eigenvalue weighted by Gasteiger charge is -2.07. The summed E-state index contributed by atoms with van der Waals surface area (Å²) in [5.41, 5.74) is -1.18. The van der Waals surface area contributed by atoms with Gasteiger partial charge >= 0.3 is 6.18 Å². The molecule has 0 aliphatic rings. The average Bonchev–Trinajstić information content (AvgIpc) is 2.03. The van der Waals surface area contributed by atoms with Crippen LogP contribution < -0.4 is 0 Å². The van der Waals surface area contributed by atoms with Gasteiger partial charge in [-0.15, -0.1) is 0 Å². The number of rotatable bonds is 1. The second-order valence-corrected chi connectivity index (χ2v) is 2.50. The van der Waals surface area contributed by atoms with Crippen LogP contribution in [0, 0.1) is 0 Å². The summed E-state index contributed by atoms with van der Waals surface area (Å²) in [6, 6.07) is 0. The number of hydrogen-bond donors (Lipinski definition) is 1. The van der Waals surface area contributed by atoms with Crippen LogP contribution in [-0.4, -0.2) is 15.1 Å². The highest BCUT2D eigenvalue weighted by Crippen LogP contribution is 2.27. The zero-order chi connectivity index (χ0) is 10.1. The Morgan fingerprint density at radius 2 is 2.00 bits per heavy atom. The third kappa shape index (κ3) is 2.38.